The highest BCUT2D eigenvalue weighted by Gasteiger charge is 2.22. The third-order valence-corrected chi connectivity index (χ3v) is 7.26. The predicted octanol–water partition coefficient (Wildman–Crippen LogP) is 5.48. The fraction of sp³-hybridized carbons (Fsp3) is 0.318. The number of para-hydroxylation sites is 2. The molecular formula is C22H20Cl2N6OS. The number of hydrogen-bond donors (Lipinski definition) is 0. The molecule has 4 aromatic rings. The zero-order valence-corrected chi connectivity index (χ0v) is 19.4. The molecule has 2 aromatic carbocycles. The minimum Gasteiger partial charge on any atom is -0.268 e. The van der Waals surface area contributed by atoms with Gasteiger partial charge in [-0.1, -0.05) is 72.4 Å². The number of benzene rings is 2. The van der Waals surface area contributed by atoms with Crippen LogP contribution in [0.3, 0.4) is 0 Å². The summed E-state index contributed by atoms with van der Waals surface area (Å²) in [7, 11) is 0. The van der Waals surface area contributed by atoms with Gasteiger partial charge < -0.3 is 0 Å². The van der Waals surface area contributed by atoms with Crippen LogP contribution in [0, 0.1) is 0 Å². The highest BCUT2D eigenvalue weighted by atomic mass is 35.5. The smallest absolute Gasteiger partial charge is 0.266 e. The fourth-order valence-electron chi connectivity index (χ4n) is 4.17. The molecule has 0 unspecified atom stereocenters. The van der Waals surface area contributed by atoms with Crippen molar-refractivity contribution in [1.82, 2.24) is 29.8 Å². The Morgan fingerprint density at radius 2 is 1.75 bits per heavy atom. The molecule has 10 heteroatoms. The zero-order valence-electron chi connectivity index (χ0n) is 17.1. The lowest BCUT2D eigenvalue weighted by Crippen LogP contribution is -2.24. The van der Waals surface area contributed by atoms with Gasteiger partial charge in [0.1, 0.15) is 5.82 Å². The summed E-state index contributed by atoms with van der Waals surface area (Å²) < 4.78 is 3.42. The topological polar surface area (TPSA) is 78.5 Å². The van der Waals surface area contributed by atoms with Gasteiger partial charge in [-0.15, -0.1) is 5.10 Å². The molecule has 0 amide bonds. The van der Waals surface area contributed by atoms with Crippen molar-refractivity contribution in [2.75, 3.05) is 0 Å². The Bertz CT molecular complexity index is 1310. The Kier molecular flexibility index (Phi) is 6.17. The number of aromatic nitrogens is 6. The first kappa shape index (κ1) is 21.4. The van der Waals surface area contributed by atoms with Crippen LogP contribution >= 0.6 is 35.0 Å². The Morgan fingerprint density at radius 3 is 2.53 bits per heavy atom. The summed E-state index contributed by atoms with van der Waals surface area (Å²) >= 11 is 14.4. The van der Waals surface area contributed by atoms with Gasteiger partial charge in [0.25, 0.3) is 5.56 Å². The van der Waals surface area contributed by atoms with E-state index in [1.807, 2.05) is 22.9 Å². The van der Waals surface area contributed by atoms with Crippen LogP contribution in [0.1, 0.15) is 44.0 Å². The van der Waals surface area contributed by atoms with Gasteiger partial charge in [0.15, 0.2) is 0 Å². The van der Waals surface area contributed by atoms with E-state index in [-0.39, 0.29) is 5.56 Å². The van der Waals surface area contributed by atoms with E-state index in [0.717, 1.165) is 18.0 Å². The average molecular weight is 487 g/mol. The molecular weight excluding hydrogens is 467 g/mol. The zero-order chi connectivity index (χ0) is 22.1. The van der Waals surface area contributed by atoms with Crippen LogP contribution in [0.25, 0.3) is 16.6 Å². The van der Waals surface area contributed by atoms with Crippen LogP contribution < -0.4 is 5.56 Å². The van der Waals surface area contributed by atoms with Crippen LogP contribution in [0.4, 0.5) is 0 Å². The van der Waals surface area contributed by atoms with E-state index in [9.17, 15) is 4.79 Å². The molecule has 32 heavy (non-hydrogen) atoms. The summed E-state index contributed by atoms with van der Waals surface area (Å²) in [6, 6.07) is 12.8. The minimum atomic E-state index is -0.215. The Morgan fingerprint density at radius 1 is 1.00 bits per heavy atom. The van der Waals surface area contributed by atoms with E-state index in [4.69, 9.17) is 28.2 Å². The highest BCUT2D eigenvalue weighted by molar-refractivity contribution is 7.98. The predicted molar refractivity (Wildman–Crippen MR) is 127 cm³/mol. The van der Waals surface area contributed by atoms with Crippen LogP contribution in [0.15, 0.2) is 52.4 Å². The van der Waals surface area contributed by atoms with Crippen molar-refractivity contribution in [2.24, 2.45) is 0 Å². The molecule has 7 nitrogen and oxygen atoms in total. The van der Waals surface area contributed by atoms with E-state index in [0.29, 0.717) is 44.3 Å². The summed E-state index contributed by atoms with van der Waals surface area (Å²) in [5.74, 6) is 0.918. The fourth-order valence-corrected chi connectivity index (χ4v) is 5.60. The van der Waals surface area contributed by atoms with E-state index < -0.39 is 0 Å². The maximum Gasteiger partial charge on any atom is 0.266 e. The van der Waals surface area contributed by atoms with Crippen molar-refractivity contribution in [2.45, 2.75) is 49.1 Å². The second kappa shape index (κ2) is 9.21. The Labute approximate surface area is 198 Å². The normalized spacial score (nSPS) is 14.8. The highest BCUT2D eigenvalue weighted by Crippen LogP contribution is 2.33. The van der Waals surface area contributed by atoms with Gasteiger partial charge in [-0.2, -0.15) is 0 Å². The van der Waals surface area contributed by atoms with Crippen molar-refractivity contribution >= 4 is 45.9 Å². The number of thioether (sulfide) groups is 1. The van der Waals surface area contributed by atoms with E-state index >= 15 is 0 Å². The van der Waals surface area contributed by atoms with E-state index in [1.165, 1.54) is 35.6 Å². The summed E-state index contributed by atoms with van der Waals surface area (Å²) in [5, 5.41) is 14.3. The third kappa shape index (κ3) is 4.02. The molecule has 5 rings (SSSR count). The van der Waals surface area contributed by atoms with Crippen molar-refractivity contribution in [1.29, 1.82) is 0 Å². The van der Waals surface area contributed by atoms with Crippen LogP contribution in [0.2, 0.25) is 10.0 Å². The first-order valence-corrected chi connectivity index (χ1v) is 12.2. The van der Waals surface area contributed by atoms with Gasteiger partial charge in [0, 0.05) is 0 Å². The number of tetrazole rings is 1. The average Bonchev–Trinajstić information content (AvgIpc) is 3.28. The van der Waals surface area contributed by atoms with Crippen LogP contribution in [-0.2, 0) is 5.75 Å². The molecule has 2 aromatic heterocycles. The maximum absolute atomic E-state index is 13.5. The maximum atomic E-state index is 13.5. The molecule has 0 atom stereocenters. The second-order valence-electron chi connectivity index (χ2n) is 7.74. The molecule has 0 spiro atoms. The molecule has 1 fully saturated rings. The first-order chi connectivity index (χ1) is 15.6. The van der Waals surface area contributed by atoms with Gasteiger partial charge in [0.05, 0.1) is 38.4 Å². The minimum absolute atomic E-state index is 0.215. The Hall–Kier alpha value is -2.42. The molecule has 0 bridgehead atoms. The summed E-state index contributed by atoms with van der Waals surface area (Å²) in [5.41, 5.74) is 0.842. The first-order valence-electron chi connectivity index (χ1n) is 10.5. The number of fused-ring (bicyclic) bond motifs is 1. The van der Waals surface area contributed by atoms with Gasteiger partial charge in [-0.3, -0.25) is 9.36 Å². The number of halogens is 2. The Balaban J connectivity index is 1.57. The molecule has 1 aliphatic rings. The largest absolute Gasteiger partial charge is 0.268 e. The molecule has 2 heterocycles. The van der Waals surface area contributed by atoms with Crippen LogP contribution in [-0.4, -0.2) is 29.8 Å². The SMILES string of the molecule is O=c1c2ccccc2nc(CSc2nnnn2C2CCCCC2)n1-c1c(Cl)cccc1Cl. The van der Waals surface area contributed by atoms with Crippen molar-refractivity contribution < 1.29 is 0 Å². The molecule has 0 N–H and O–H groups in total. The number of nitrogens with zero attached hydrogens (tertiary/aromatic N) is 6. The lowest BCUT2D eigenvalue weighted by Gasteiger charge is -2.22. The molecule has 0 radical (unpaired) electrons. The van der Waals surface area contributed by atoms with E-state index in [1.54, 1.807) is 24.3 Å². The van der Waals surface area contributed by atoms with Gasteiger partial charge >= 0.3 is 0 Å². The standard InChI is InChI=1S/C22H20Cl2N6OS/c23-16-10-6-11-17(24)20(16)29-19(25-18-12-5-4-9-15(18)21(29)31)13-32-22-26-27-28-30(22)14-7-2-1-3-8-14/h4-6,9-12,14H,1-3,7-8,13H2. The van der Waals surface area contributed by atoms with Crippen molar-refractivity contribution in [3.8, 4) is 5.69 Å². The quantitative estimate of drug-likeness (QED) is 0.347. The number of rotatable bonds is 5. The van der Waals surface area contributed by atoms with Gasteiger partial charge in [0.2, 0.25) is 5.16 Å². The van der Waals surface area contributed by atoms with Crippen molar-refractivity contribution in [3.63, 3.8) is 0 Å². The molecule has 164 valence electrons. The second-order valence-corrected chi connectivity index (χ2v) is 9.50. The monoisotopic (exact) mass is 486 g/mol. The van der Waals surface area contributed by atoms with Crippen molar-refractivity contribution in [3.05, 3.63) is 68.7 Å². The summed E-state index contributed by atoms with van der Waals surface area (Å²) in [6.07, 6.45) is 5.78. The lowest BCUT2D eigenvalue weighted by molar-refractivity contribution is 0.307. The van der Waals surface area contributed by atoms with Crippen LogP contribution in [0.5, 0.6) is 0 Å². The molecule has 0 saturated heterocycles. The van der Waals surface area contributed by atoms with E-state index in [2.05, 4.69) is 15.5 Å². The molecule has 1 aliphatic carbocycles. The molecule has 0 aliphatic heterocycles. The third-order valence-electron chi connectivity index (χ3n) is 5.72. The van der Waals surface area contributed by atoms with Gasteiger partial charge in [-0.25, -0.2) is 9.67 Å². The molecule has 1 saturated carbocycles. The number of hydrogen-bond acceptors (Lipinski definition) is 6. The summed E-state index contributed by atoms with van der Waals surface area (Å²) in [6.45, 7) is 0. The summed E-state index contributed by atoms with van der Waals surface area (Å²) in [4.78, 5) is 18.3. The van der Waals surface area contributed by atoms with Gasteiger partial charge in [-0.05, 0) is 47.5 Å². The lowest BCUT2D eigenvalue weighted by atomic mass is 9.96.